The lowest BCUT2D eigenvalue weighted by Crippen LogP contribution is -2.16. The van der Waals surface area contributed by atoms with Gasteiger partial charge in [-0.15, -0.1) is 0 Å². The van der Waals surface area contributed by atoms with E-state index in [-0.39, 0.29) is 0 Å². The molecule has 2 aliphatic rings. The average Bonchev–Trinajstić information content (AvgIpc) is 0.786. The number of nitrogens with zero attached hydrogens (tertiary/aromatic N) is 6. The lowest BCUT2D eigenvalue weighted by atomic mass is 9.86. The van der Waals surface area contributed by atoms with Gasteiger partial charge in [-0.2, -0.15) is 0 Å². The fourth-order valence-electron chi connectivity index (χ4n) is 17.2. The number of hydrogen-bond acceptors (Lipinski definition) is 8. The molecular weight excluding hydrogens is 1270 g/mol. The molecule has 0 saturated heterocycles. The Balaban J connectivity index is 0.630. The first-order chi connectivity index (χ1) is 51.5. The molecule has 0 unspecified atom stereocenters. The van der Waals surface area contributed by atoms with Gasteiger partial charge in [0, 0.05) is 104 Å². The molecule has 104 heavy (non-hydrogen) atoms. The van der Waals surface area contributed by atoms with Gasteiger partial charge in [0.15, 0.2) is 11.6 Å². The Morgan fingerprint density at radius 1 is 0.231 bits per heavy atom. The van der Waals surface area contributed by atoms with Crippen LogP contribution in [-0.2, 0) is 0 Å². The number of para-hydroxylation sites is 4. The van der Waals surface area contributed by atoms with Gasteiger partial charge in [0.25, 0.3) is 0 Å². The SMILES string of the molecule is c1cc(-c2nc(-c3ccc4c(c3)oc3c(-c5cc6c7c(cccc7c5)N(c5cccc7cc(-c8nc(-c9ccc%10oc%11ccccc%11c%10c9)c9ccccc9n8)ccc57)c5c-6ccc6ccccc56)cccc34)c3ccccc3n2)cc(N2c3c(ccc4ccccc34)-c3cccc4cccc2c34)c1. The summed E-state index contributed by atoms with van der Waals surface area (Å²) in [6, 6.07) is 118. The number of furan rings is 2. The first kappa shape index (κ1) is 56.8. The van der Waals surface area contributed by atoms with Crippen LogP contribution in [0.3, 0.4) is 0 Å². The minimum atomic E-state index is 0.645. The van der Waals surface area contributed by atoms with Crippen LogP contribution in [0.15, 0.2) is 336 Å². The Hall–Kier alpha value is -14.1. The van der Waals surface area contributed by atoms with Crippen molar-refractivity contribution in [2.75, 3.05) is 9.80 Å². The number of rotatable bonds is 7. The van der Waals surface area contributed by atoms with Crippen LogP contribution in [-0.4, -0.2) is 19.9 Å². The fourth-order valence-corrected chi connectivity index (χ4v) is 17.2. The molecule has 21 aromatic rings. The molecule has 0 bridgehead atoms. The minimum absolute atomic E-state index is 0.645. The van der Waals surface area contributed by atoms with Gasteiger partial charge in [0.05, 0.1) is 50.9 Å². The van der Waals surface area contributed by atoms with E-state index in [0.717, 1.165) is 166 Å². The van der Waals surface area contributed by atoms with Crippen molar-refractivity contribution in [2.45, 2.75) is 0 Å². The van der Waals surface area contributed by atoms with Gasteiger partial charge in [-0.25, -0.2) is 19.9 Å². The monoisotopic (exact) mass is 1320 g/mol. The van der Waals surface area contributed by atoms with E-state index < -0.39 is 0 Å². The van der Waals surface area contributed by atoms with Gasteiger partial charge < -0.3 is 18.6 Å². The van der Waals surface area contributed by atoms with E-state index >= 15 is 0 Å². The van der Waals surface area contributed by atoms with Crippen LogP contribution in [0.2, 0.25) is 0 Å². The summed E-state index contributed by atoms with van der Waals surface area (Å²) in [5, 5.41) is 17.9. The molecule has 0 amide bonds. The summed E-state index contributed by atoms with van der Waals surface area (Å²) in [4.78, 5) is 26.4. The second-order valence-electron chi connectivity index (χ2n) is 27.5. The average molecular weight is 1320 g/mol. The van der Waals surface area contributed by atoms with Crippen LogP contribution in [0.1, 0.15) is 0 Å². The molecule has 4 aromatic heterocycles. The first-order valence-corrected chi connectivity index (χ1v) is 35.3. The third kappa shape index (κ3) is 8.36. The number of benzene rings is 17. The second kappa shape index (κ2) is 21.7. The highest BCUT2D eigenvalue weighted by molar-refractivity contribution is 6.23. The van der Waals surface area contributed by atoms with E-state index in [2.05, 4.69) is 319 Å². The smallest absolute Gasteiger partial charge is 0.160 e. The zero-order valence-electron chi connectivity index (χ0n) is 55.7. The number of fused-ring (bicyclic) bond motifs is 17. The van der Waals surface area contributed by atoms with E-state index in [1.54, 1.807) is 0 Å². The van der Waals surface area contributed by atoms with Crippen LogP contribution in [0.5, 0.6) is 0 Å². The predicted octanol–water partition coefficient (Wildman–Crippen LogP) is 26.4. The Labute approximate surface area is 594 Å². The Morgan fingerprint density at radius 3 is 1.52 bits per heavy atom. The van der Waals surface area contributed by atoms with Crippen molar-refractivity contribution in [2.24, 2.45) is 0 Å². The molecule has 0 atom stereocenters. The molecule has 17 aromatic carbocycles. The number of hydrogen-bond donors (Lipinski definition) is 0. The van der Waals surface area contributed by atoms with Gasteiger partial charge in [-0.05, 0) is 141 Å². The van der Waals surface area contributed by atoms with Crippen molar-refractivity contribution in [3.05, 3.63) is 328 Å². The number of anilines is 6. The normalized spacial score (nSPS) is 12.6. The summed E-state index contributed by atoms with van der Waals surface area (Å²) < 4.78 is 13.5. The van der Waals surface area contributed by atoms with E-state index in [0.29, 0.717) is 11.6 Å². The zero-order valence-corrected chi connectivity index (χ0v) is 55.7. The van der Waals surface area contributed by atoms with Crippen molar-refractivity contribution < 1.29 is 8.83 Å². The summed E-state index contributed by atoms with van der Waals surface area (Å²) in [7, 11) is 0. The van der Waals surface area contributed by atoms with E-state index in [9.17, 15) is 0 Å². The van der Waals surface area contributed by atoms with Crippen LogP contribution < -0.4 is 9.80 Å². The maximum Gasteiger partial charge on any atom is 0.160 e. The molecular formula is C96H54N6O2. The molecule has 0 aliphatic carbocycles. The molecule has 0 spiro atoms. The van der Waals surface area contributed by atoms with Crippen molar-refractivity contribution in [1.82, 2.24) is 19.9 Å². The van der Waals surface area contributed by atoms with Crippen molar-refractivity contribution in [3.8, 4) is 78.7 Å². The summed E-state index contributed by atoms with van der Waals surface area (Å²) in [5.41, 5.74) is 24.1. The summed E-state index contributed by atoms with van der Waals surface area (Å²) in [6.07, 6.45) is 0. The van der Waals surface area contributed by atoms with Crippen LogP contribution in [0, 0.1) is 0 Å². The molecule has 0 saturated carbocycles. The molecule has 2 aliphatic heterocycles. The lowest BCUT2D eigenvalue weighted by Gasteiger charge is -2.35. The van der Waals surface area contributed by atoms with Crippen LogP contribution in [0.25, 0.3) is 198 Å². The predicted molar refractivity (Wildman–Crippen MR) is 429 cm³/mol. The summed E-state index contributed by atoms with van der Waals surface area (Å²) in [6.45, 7) is 0. The van der Waals surface area contributed by atoms with Gasteiger partial charge in [-0.3, -0.25) is 0 Å². The van der Waals surface area contributed by atoms with Gasteiger partial charge in [-0.1, -0.05) is 231 Å². The molecule has 0 N–H and O–H groups in total. The van der Waals surface area contributed by atoms with Crippen LogP contribution >= 0.6 is 0 Å². The summed E-state index contributed by atoms with van der Waals surface area (Å²) in [5.74, 6) is 1.31. The zero-order chi connectivity index (χ0) is 67.8. The largest absolute Gasteiger partial charge is 0.456 e. The van der Waals surface area contributed by atoms with E-state index in [4.69, 9.17) is 28.8 Å². The first-order valence-electron chi connectivity index (χ1n) is 35.3. The Morgan fingerprint density at radius 2 is 0.750 bits per heavy atom. The molecule has 23 rings (SSSR count). The molecule has 480 valence electrons. The molecule has 8 nitrogen and oxygen atoms in total. The Kier molecular flexibility index (Phi) is 11.9. The summed E-state index contributed by atoms with van der Waals surface area (Å²) >= 11 is 0. The standard InChI is InChI=1S/C96H54N6O2/c1-3-25-67-55(17-1)39-46-73-72-31-12-19-57-20-13-36-83(88(57)72)101(92(67)73)65-24-11-23-62(51-65)95-97-81-34-9-6-29-77(81)91(100-95)61-41-45-71-75-32-16-30-69(94(75)104-87(71)54-61)64-50-59-22-15-37-84-89(59)79(53-64)74-47-40-56-18-2-4-26-68(56)93(74)102(84)82-35-14-21-58-49-63(42-44-66(58)82)96-98-80-33-8-5-28-76(80)90(99-96)60-43-48-86-78(52-60)70-27-7-10-38-85(70)103-86/h1-54H. The van der Waals surface area contributed by atoms with Gasteiger partial charge in [0.2, 0.25) is 0 Å². The maximum atomic E-state index is 7.22. The maximum absolute atomic E-state index is 7.22. The van der Waals surface area contributed by atoms with Crippen molar-refractivity contribution in [3.63, 3.8) is 0 Å². The van der Waals surface area contributed by atoms with E-state index in [1.807, 2.05) is 18.2 Å². The highest BCUT2D eigenvalue weighted by Gasteiger charge is 2.32. The topological polar surface area (TPSA) is 84.3 Å². The molecule has 0 fully saturated rings. The molecule has 6 heterocycles. The van der Waals surface area contributed by atoms with Gasteiger partial charge in [0.1, 0.15) is 22.3 Å². The third-order valence-corrected chi connectivity index (χ3v) is 21.8. The highest BCUT2D eigenvalue weighted by atomic mass is 16.3. The van der Waals surface area contributed by atoms with Crippen LogP contribution in [0.4, 0.5) is 34.1 Å². The second-order valence-corrected chi connectivity index (χ2v) is 27.5. The third-order valence-electron chi connectivity index (χ3n) is 21.8. The highest BCUT2D eigenvalue weighted by Crippen LogP contribution is 2.57. The van der Waals surface area contributed by atoms with Crippen molar-refractivity contribution in [1.29, 1.82) is 0 Å². The number of aromatic nitrogens is 4. The van der Waals surface area contributed by atoms with E-state index in [1.165, 1.54) is 54.4 Å². The molecule has 8 heteroatoms. The molecule has 0 radical (unpaired) electrons. The minimum Gasteiger partial charge on any atom is -0.456 e. The van der Waals surface area contributed by atoms with Gasteiger partial charge >= 0.3 is 0 Å². The Bertz CT molecular complexity index is 7350. The lowest BCUT2D eigenvalue weighted by molar-refractivity contribution is 0.669. The fraction of sp³-hybridized carbons (Fsp3) is 0. The van der Waals surface area contributed by atoms with Crippen molar-refractivity contribution >= 4 is 154 Å². The quantitative estimate of drug-likeness (QED) is 0.156.